The molecular formula is C38H58O14. The molecular weight excluding hydrogens is 680 g/mol. The van der Waals surface area contributed by atoms with Crippen LogP contribution in [-0.2, 0) is 47.5 Å². The van der Waals surface area contributed by atoms with Crippen molar-refractivity contribution in [3.63, 3.8) is 0 Å². The Labute approximate surface area is 305 Å². The largest absolute Gasteiger partial charge is 0.465 e. The minimum atomic E-state index is -1.58. The second-order valence-corrected chi connectivity index (χ2v) is 17.3. The number of hydrogen-bond acceptors (Lipinski definition) is 14. The van der Waals surface area contributed by atoms with E-state index in [9.17, 15) is 34.8 Å². The monoisotopic (exact) mass is 738 g/mol. The Morgan fingerprint density at radius 3 is 2.27 bits per heavy atom. The smallest absolute Gasteiger partial charge is 0.306 e. The molecule has 2 bridgehead atoms. The molecule has 1 spiro atoms. The van der Waals surface area contributed by atoms with E-state index in [0.717, 1.165) is 44.9 Å². The van der Waals surface area contributed by atoms with Gasteiger partial charge in [0.05, 0.1) is 37.9 Å². The molecule has 294 valence electrons. The lowest BCUT2D eigenvalue weighted by Gasteiger charge is -2.67. The first-order valence-electron chi connectivity index (χ1n) is 19.3. The van der Waals surface area contributed by atoms with Gasteiger partial charge < -0.3 is 53.6 Å². The molecule has 0 unspecified atom stereocenters. The molecule has 18 atom stereocenters. The number of Topliss-reactive ketones (excluding diaryl/α,β-unsaturated/α-hetero) is 1. The van der Waals surface area contributed by atoms with Crippen LogP contribution in [0, 0.1) is 39.9 Å². The molecule has 7 aliphatic rings. The predicted octanol–water partition coefficient (Wildman–Crippen LogP) is 1.79. The Morgan fingerprint density at radius 1 is 0.885 bits per heavy atom. The number of esters is 2. The van der Waals surface area contributed by atoms with Crippen LogP contribution >= 0.6 is 0 Å². The van der Waals surface area contributed by atoms with Crippen LogP contribution in [0.1, 0.15) is 91.9 Å². The highest BCUT2D eigenvalue weighted by molar-refractivity contribution is 5.92. The van der Waals surface area contributed by atoms with Crippen molar-refractivity contribution >= 4 is 17.7 Å². The van der Waals surface area contributed by atoms with Gasteiger partial charge in [-0.1, -0.05) is 13.8 Å². The van der Waals surface area contributed by atoms with E-state index in [1.54, 1.807) is 6.92 Å². The molecule has 14 nitrogen and oxygen atoms in total. The summed E-state index contributed by atoms with van der Waals surface area (Å²) in [6.07, 6.45) is -3.76. The molecule has 0 amide bonds. The van der Waals surface area contributed by atoms with Crippen molar-refractivity contribution in [2.24, 2.45) is 39.9 Å². The normalized spacial score (nSPS) is 52.0. The van der Waals surface area contributed by atoms with Gasteiger partial charge in [0.2, 0.25) is 0 Å². The molecule has 7 fully saturated rings. The Hall–Kier alpha value is -1.75. The summed E-state index contributed by atoms with van der Waals surface area (Å²) in [6.45, 7) is 7.46. The van der Waals surface area contributed by atoms with Gasteiger partial charge in [-0.3, -0.25) is 14.4 Å². The van der Waals surface area contributed by atoms with Gasteiger partial charge in [-0.25, -0.2) is 0 Å². The lowest BCUT2D eigenvalue weighted by atomic mass is 9.36. The summed E-state index contributed by atoms with van der Waals surface area (Å²) in [6, 6.07) is 0. The summed E-state index contributed by atoms with van der Waals surface area (Å²) in [7, 11) is 1.53. The van der Waals surface area contributed by atoms with Gasteiger partial charge in [0.25, 0.3) is 0 Å². The zero-order valence-electron chi connectivity index (χ0n) is 31.0. The fourth-order valence-electron chi connectivity index (χ4n) is 12.2. The van der Waals surface area contributed by atoms with E-state index in [2.05, 4.69) is 13.8 Å². The first-order valence-corrected chi connectivity index (χ1v) is 19.3. The van der Waals surface area contributed by atoms with E-state index >= 15 is 0 Å². The van der Waals surface area contributed by atoms with E-state index in [4.69, 9.17) is 33.2 Å². The first kappa shape index (κ1) is 38.5. The van der Waals surface area contributed by atoms with Crippen LogP contribution < -0.4 is 0 Å². The molecule has 3 saturated heterocycles. The van der Waals surface area contributed by atoms with Crippen molar-refractivity contribution < 1.29 is 68.0 Å². The van der Waals surface area contributed by atoms with E-state index in [1.165, 1.54) is 14.0 Å². The summed E-state index contributed by atoms with van der Waals surface area (Å²) in [5.41, 5.74) is -1.13. The number of fused-ring (bicyclic) bond motifs is 3. The van der Waals surface area contributed by atoms with Crippen LogP contribution in [0.3, 0.4) is 0 Å². The minimum absolute atomic E-state index is 0.0111. The van der Waals surface area contributed by atoms with E-state index < -0.39 is 85.0 Å². The molecule has 0 aromatic carbocycles. The first-order chi connectivity index (χ1) is 24.7. The second-order valence-electron chi connectivity index (χ2n) is 17.3. The SMILES string of the molecule is CO[C@@H]1C[C@@H](O[C@H]2CC[C@@]3(C)[C@@H](CC[C@@]45CC[C@H]([C@H]6COC(=O)C6)[C@@](C)(CC[C@@H]43)C5=O)[C@H]2OC(C)=O)O[C@H](C)[C@H]1O[C@@H]1O[C@H](CO)[C@@H](O)[C@H](O)[C@H]1O. The zero-order chi connectivity index (χ0) is 37.3. The lowest BCUT2D eigenvalue weighted by molar-refractivity contribution is -0.347. The maximum absolute atomic E-state index is 14.7. The Morgan fingerprint density at radius 2 is 1.62 bits per heavy atom. The number of ether oxygens (including phenoxy) is 7. The summed E-state index contributed by atoms with van der Waals surface area (Å²) in [5.74, 6) is 0.214. The summed E-state index contributed by atoms with van der Waals surface area (Å²) < 4.78 is 41.9. The quantitative estimate of drug-likeness (QED) is 0.208. The number of carbonyl (C=O) groups excluding carboxylic acids is 3. The van der Waals surface area contributed by atoms with Gasteiger partial charge in [0.15, 0.2) is 12.6 Å². The fraction of sp³-hybridized carbons (Fsp3) is 0.921. The van der Waals surface area contributed by atoms with Crippen LogP contribution in [0.2, 0.25) is 0 Å². The molecule has 7 rings (SSSR count). The molecule has 3 aliphatic heterocycles. The van der Waals surface area contributed by atoms with Crippen molar-refractivity contribution in [1.82, 2.24) is 0 Å². The van der Waals surface area contributed by atoms with Crippen LogP contribution in [-0.4, -0.2) is 126 Å². The molecule has 0 aromatic heterocycles. The van der Waals surface area contributed by atoms with Crippen molar-refractivity contribution in [3.05, 3.63) is 0 Å². The number of aliphatic hydroxyl groups excluding tert-OH is 4. The van der Waals surface area contributed by atoms with E-state index in [1.807, 2.05) is 0 Å². The number of rotatable bonds is 8. The topological polar surface area (TPSA) is 197 Å². The summed E-state index contributed by atoms with van der Waals surface area (Å²) >= 11 is 0. The van der Waals surface area contributed by atoms with Gasteiger partial charge in [0, 0.05) is 43.1 Å². The van der Waals surface area contributed by atoms with E-state index in [0.29, 0.717) is 25.2 Å². The predicted molar refractivity (Wildman–Crippen MR) is 179 cm³/mol. The molecule has 0 radical (unpaired) electrons. The highest BCUT2D eigenvalue weighted by Gasteiger charge is 2.69. The summed E-state index contributed by atoms with van der Waals surface area (Å²) in [4.78, 5) is 39.4. The molecule has 4 aliphatic carbocycles. The Balaban J connectivity index is 1.05. The fourth-order valence-corrected chi connectivity index (χ4v) is 12.2. The second kappa shape index (κ2) is 14.4. The van der Waals surface area contributed by atoms with Crippen LogP contribution in [0.4, 0.5) is 0 Å². The molecule has 14 heteroatoms. The van der Waals surface area contributed by atoms with Crippen LogP contribution in [0.25, 0.3) is 0 Å². The number of hydrogen-bond donors (Lipinski definition) is 4. The van der Waals surface area contributed by atoms with Crippen molar-refractivity contribution in [3.8, 4) is 0 Å². The third-order valence-electron chi connectivity index (χ3n) is 14.7. The number of ketones is 1. The summed E-state index contributed by atoms with van der Waals surface area (Å²) in [5, 5.41) is 40.6. The van der Waals surface area contributed by atoms with Gasteiger partial charge in [-0.15, -0.1) is 0 Å². The molecule has 4 N–H and O–H groups in total. The van der Waals surface area contributed by atoms with Crippen molar-refractivity contribution in [1.29, 1.82) is 0 Å². The highest BCUT2D eigenvalue weighted by Crippen LogP contribution is 2.70. The maximum Gasteiger partial charge on any atom is 0.306 e. The van der Waals surface area contributed by atoms with Crippen molar-refractivity contribution in [2.45, 2.75) is 159 Å². The average Bonchev–Trinajstić information content (AvgIpc) is 3.53. The van der Waals surface area contributed by atoms with Crippen LogP contribution in [0.15, 0.2) is 0 Å². The molecule has 0 aromatic rings. The molecule has 3 heterocycles. The maximum atomic E-state index is 14.7. The van der Waals surface area contributed by atoms with Gasteiger partial charge >= 0.3 is 11.9 Å². The number of cyclic esters (lactones) is 1. The third-order valence-corrected chi connectivity index (χ3v) is 14.7. The third kappa shape index (κ3) is 6.25. The number of aliphatic hydroxyl groups is 4. The number of carbonyl (C=O) groups is 3. The molecule has 4 saturated carbocycles. The van der Waals surface area contributed by atoms with Gasteiger partial charge in [-0.05, 0) is 75.5 Å². The molecule has 52 heavy (non-hydrogen) atoms. The van der Waals surface area contributed by atoms with Gasteiger partial charge in [0.1, 0.15) is 42.4 Å². The lowest BCUT2D eigenvalue weighted by Crippen LogP contribution is -2.67. The zero-order valence-corrected chi connectivity index (χ0v) is 31.0. The minimum Gasteiger partial charge on any atom is -0.465 e. The Kier molecular flexibility index (Phi) is 10.7. The highest BCUT2D eigenvalue weighted by atomic mass is 16.7. The standard InChI is InChI=1S/C38H58O14/c1-18-32(52-34-31(44)30(43)29(42)25(16-39)51-34)24(46-5)15-28(48-18)50-23-8-10-36(3)22(33(23)49-19(2)40)7-13-38-12-6-21(20-14-27(41)47-17-20)37(4,35(38)45)11-9-26(36)38/h18,20-26,28-34,39,42-44H,6-17H2,1-5H3/t18-,20-,21-,22+,23+,24-,25-,26-,28-,29-,30+,31-,32-,33-,34+,36+,37-,38+/m1/s1. The Bertz CT molecular complexity index is 1360. The number of methoxy groups -OCH3 is 1. The van der Waals surface area contributed by atoms with Crippen molar-refractivity contribution in [2.75, 3.05) is 20.3 Å². The average molecular weight is 739 g/mol. The van der Waals surface area contributed by atoms with E-state index in [-0.39, 0.29) is 47.4 Å². The van der Waals surface area contributed by atoms with Crippen LogP contribution in [0.5, 0.6) is 0 Å². The van der Waals surface area contributed by atoms with Gasteiger partial charge in [-0.2, -0.15) is 0 Å².